The molecule has 78 valence electrons. The van der Waals surface area contributed by atoms with Crippen LogP contribution in [0.5, 0.6) is 0 Å². The lowest BCUT2D eigenvalue weighted by Gasteiger charge is -2.11. The van der Waals surface area contributed by atoms with Crippen molar-refractivity contribution in [3.05, 3.63) is 35.8 Å². The Bertz CT molecular complexity index is 516. The molecule has 0 aliphatic rings. The first-order chi connectivity index (χ1) is 7.06. The van der Waals surface area contributed by atoms with Crippen molar-refractivity contribution in [1.82, 2.24) is 4.98 Å². The molecule has 1 unspecified atom stereocenters. The molecule has 0 amide bonds. The molecule has 0 spiro atoms. The fourth-order valence-corrected chi connectivity index (χ4v) is 1.59. The molecule has 1 atom stereocenters. The van der Waals surface area contributed by atoms with Gasteiger partial charge in [0.05, 0.1) is 0 Å². The van der Waals surface area contributed by atoms with Crippen LogP contribution < -0.4 is 0 Å². The second-order valence-electron chi connectivity index (χ2n) is 3.56. The maximum absolute atomic E-state index is 13.7. The first kappa shape index (κ1) is 9.83. The number of benzene rings is 1. The van der Waals surface area contributed by atoms with Gasteiger partial charge in [0.2, 0.25) is 0 Å². The summed E-state index contributed by atoms with van der Waals surface area (Å²) in [6, 6.07) is 4.39. The van der Waals surface area contributed by atoms with Crippen LogP contribution >= 0.6 is 0 Å². The number of nitrogens with one attached hydrogen (secondary N) is 1. The normalized spacial score (nSPS) is 15.1. The molecule has 0 saturated carbocycles. The summed E-state index contributed by atoms with van der Waals surface area (Å²) >= 11 is 0. The van der Waals surface area contributed by atoms with E-state index in [2.05, 4.69) is 4.98 Å². The minimum absolute atomic E-state index is 0.0330. The molecular formula is C11H9F2NO. The average Bonchev–Trinajstić information content (AvgIpc) is 2.63. The molecule has 0 aliphatic heterocycles. The van der Waals surface area contributed by atoms with Gasteiger partial charge in [-0.2, -0.15) is 0 Å². The van der Waals surface area contributed by atoms with Crippen LogP contribution in [-0.2, 0) is 10.5 Å². The Kier molecular flexibility index (Phi) is 2.07. The van der Waals surface area contributed by atoms with Gasteiger partial charge in [0.1, 0.15) is 5.82 Å². The number of hydrogen-bond acceptors (Lipinski definition) is 1. The number of halogens is 2. The van der Waals surface area contributed by atoms with Crippen molar-refractivity contribution < 1.29 is 13.6 Å². The summed E-state index contributed by atoms with van der Waals surface area (Å²) in [5, 5.41) is 0.134. The molecular weight excluding hydrogens is 200 g/mol. The fraction of sp³-hybridized carbons (Fsp3) is 0.182. The minimum Gasteiger partial charge on any atom is -0.361 e. The van der Waals surface area contributed by atoms with Crippen LogP contribution in [0.1, 0.15) is 12.5 Å². The number of alkyl halides is 1. The largest absolute Gasteiger partial charge is 0.361 e. The summed E-state index contributed by atoms with van der Waals surface area (Å²) in [6.07, 6.45) is 1.49. The Morgan fingerprint density at radius 2 is 2.20 bits per heavy atom. The molecule has 1 N–H and O–H groups in total. The Labute approximate surface area is 84.9 Å². The van der Waals surface area contributed by atoms with E-state index in [1.807, 2.05) is 0 Å². The highest BCUT2D eigenvalue weighted by atomic mass is 19.1. The number of aromatic amines is 1. The highest BCUT2D eigenvalue weighted by Crippen LogP contribution is 2.31. The van der Waals surface area contributed by atoms with E-state index in [0.717, 1.165) is 6.92 Å². The van der Waals surface area contributed by atoms with E-state index >= 15 is 0 Å². The van der Waals surface area contributed by atoms with Gasteiger partial charge >= 0.3 is 0 Å². The molecule has 4 heteroatoms. The summed E-state index contributed by atoms with van der Waals surface area (Å²) in [5.74, 6) is -0.533. The maximum atomic E-state index is 13.7. The number of carbonyl (C=O) groups excluding carboxylic acids is 1. The third kappa shape index (κ3) is 1.42. The van der Waals surface area contributed by atoms with Gasteiger partial charge in [-0.15, -0.1) is 0 Å². The van der Waals surface area contributed by atoms with Crippen molar-refractivity contribution in [2.24, 2.45) is 0 Å². The number of rotatable bonds is 2. The number of aromatic nitrogens is 1. The van der Waals surface area contributed by atoms with Gasteiger partial charge in [0.15, 0.2) is 12.0 Å². The highest BCUT2D eigenvalue weighted by molar-refractivity contribution is 5.88. The Hall–Kier alpha value is -1.71. The molecule has 0 radical (unpaired) electrons. The van der Waals surface area contributed by atoms with Gasteiger partial charge in [-0.1, -0.05) is 6.07 Å². The molecule has 2 nitrogen and oxygen atoms in total. The minimum atomic E-state index is -2.17. The van der Waals surface area contributed by atoms with Crippen LogP contribution in [-0.4, -0.2) is 11.3 Å². The Morgan fingerprint density at radius 3 is 2.87 bits per heavy atom. The van der Waals surface area contributed by atoms with Crippen LogP contribution in [0.4, 0.5) is 8.78 Å². The van der Waals surface area contributed by atoms with Crippen LogP contribution in [0.15, 0.2) is 24.4 Å². The van der Waals surface area contributed by atoms with Crippen molar-refractivity contribution in [2.75, 3.05) is 0 Å². The molecule has 0 bridgehead atoms. The predicted molar refractivity (Wildman–Crippen MR) is 52.8 cm³/mol. The molecule has 15 heavy (non-hydrogen) atoms. The summed E-state index contributed by atoms with van der Waals surface area (Å²) in [4.78, 5) is 13.3. The summed E-state index contributed by atoms with van der Waals surface area (Å²) in [6.45, 7) is 1.11. The standard InChI is InChI=1S/C11H9F2NO/c1-11(13,6-15)7-5-14-9-4-2-3-8(12)10(7)9/h2-6,14H,1H3. The lowest BCUT2D eigenvalue weighted by Crippen LogP contribution is -2.16. The second kappa shape index (κ2) is 3.15. The third-order valence-electron chi connectivity index (χ3n) is 2.40. The summed E-state index contributed by atoms with van der Waals surface area (Å²) in [7, 11) is 0. The zero-order valence-electron chi connectivity index (χ0n) is 8.05. The van der Waals surface area contributed by atoms with E-state index in [-0.39, 0.29) is 17.2 Å². The van der Waals surface area contributed by atoms with Crippen molar-refractivity contribution >= 4 is 17.2 Å². The summed E-state index contributed by atoms with van der Waals surface area (Å²) < 4.78 is 27.2. The third-order valence-corrected chi connectivity index (χ3v) is 2.40. The number of H-pyrrole nitrogens is 1. The first-order valence-electron chi connectivity index (χ1n) is 4.47. The Balaban J connectivity index is 2.78. The van der Waals surface area contributed by atoms with Gasteiger partial charge in [-0.25, -0.2) is 8.78 Å². The smallest absolute Gasteiger partial charge is 0.190 e. The van der Waals surface area contributed by atoms with Gasteiger partial charge < -0.3 is 4.98 Å². The number of carbonyl (C=O) groups is 1. The molecule has 2 aromatic rings. The van der Waals surface area contributed by atoms with Gasteiger partial charge in [-0.3, -0.25) is 4.79 Å². The summed E-state index contributed by atoms with van der Waals surface area (Å²) in [5.41, 5.74) is -1.65. The Morgan fingerprint density at radius 1 is 1.47 bits per heavy atom. The van der Waals surface area contributed by atoms with Crippen molar-refractivity contribution in [3.63, 3.8) is 0 Å². The van der Waals surface area contributed by atoms with Crippen molar-refractivity contribution in [3.8, 4) is 0 Å². The van der Waals surface area contributed by atoms with E-state index < -0.39 is 11.5 Å². The maximum Gasteiger partial charge on any atom is 0.190 e. The second-order valence-corrected chi connectivity index (χ2v) is 3.56. The first-order valence-corrected chi connectivity index (χ1v) is 4.47. The van der Waals surface area contributed by atoms with Crippen LogP contribution in [0.2, 0.25) is 0 Å². The van der Waals surface area contributed by atoms with Gasteiger partial charge in [0.25, 0.3) is 0 Å². The van der Waals surface area contributed by atoms with Gasteiger partial charge in [-0.05, 0) is 19.1 Å². The zero-order chi connectivity index (χ0) is 11.1. The molecule has 2 rings (SSSR count). The van der Waals surface area contributed by atoms with E-state index in [1.165, 1.54) is 18.3 Å². The number of fused-ring (bicyclic) bond motifs is 1. The fourth-order valence-electron chi connectivity index (χ4n) is 1.59. The van der Waals surface area contributed by atoms with Crippen molar-refractivity contribution in [1.29, 1.82) is 0 Å². The van der Waals surface area contributed by atoms with E-state index in [1.54, 1.807) is 6.07 Å². The molecule has 0 saturated heterocycles. The van der Waals surface area contributed by atoms with Crippen LogP contribution in [0.25, 0.3) is 10.9 Å². The van der Waals surface area contributed by atoms with E-state index in [4.69, 9.17) is 0 Å². The van der Waals surface area contributed by atoms with E-state index in [0.29, 0.717) is 5.52 Å². The van der Waals surface area contributed by atoms with E-state index in [9.17, 15) is 13.6 Å². The van der Waals surface area contributed by atoms with Crippen molar-refractivity contribution in [2.45, 2.75) is 12.6 Å². The number of hydrogen-bond donors (Lipinski definition) is 1. The molecule has 1 heterocycles. The zero-order valence-corrected chi connectivity index (χ0v) is 8.05. The highest BCUT2D eigenvalue weighted by Gasteiger charge is 2.29. The monoisotopic (exact) mass is 209 g/mol. The van der Waals surface area contributed by atoms with Crippen LogP contribution in [0.3, 0.4) is 0 Å². The topological polar surface area (TPSA) is 32.9 Å². The molecule has 1 aromatic heterocycles. The predicted octanol–water partition coefficient (Wildman–Crippen LogP) is 2.69. The molecule has 0 fully saturated rings. The quantitative estimate of drug-likeness (QED) is 0.758. The molecule has 1 aromatic carbocycles. The number of aldehydes is 1. The average molecular weight is 209 g/mol. The lowest BCUT2D eigenvalue weighted by atomic mass is 9.99. The SMILES string of the molecule is CC(F)(C=O)c1c[nH]c2cccc(F)c12. The molecule has 0 aliphatic carbocycles. The van der Waals surface area contributed by atoms with Gasteiger partial charge in [0, 0.05) is 22.7 Å². The lowest BCUT2D eigenvalue weighted by molar-refractivity contribution is -0.117. The van der Waals surface area contributed by atoms with Crippen LogP contribution in [0, 0.1) is 5.82 Å².